The second kappa shape index (κ2) is 8.90. The van der Waals surface area contributed by atoms with Gasteiger partial charge in [-0.25, -0.2) is 27.7 Å². The number of nitrogens with one attached hydrogen (secondary N) is 1. The largest absolute Gasteiger partial charge is 0.299 e. The van der Waals surface area contributed by atoms with E-state index >= 15 is 0 Å². The molecule has 11 heteroatoms. The van der Waals surface area contributed by atoms with Crippen molar-refractivity contribution >= 4 is 26.6 Å². The van der Waals surface area contributed by atoms with Crippen molar-refractivity contribution in [2.45, 2.75) is 24.6 Å². The third-order valence-electron chi connectivity index (χ3n) is 4.87. The molecule has 3 aromatic rings. The molecule has 0 radical (unpaired) electrons. The van der Waals surface area contributed by atoms with E-state index in [-0.39, 0.29) is 23.9 Å². The minimum absolute atomic E-state index is 0.0900. The lowest BCUT2D eigenvalue weighted by Crippen LogP contribution is -2.39. The predicted molar refractivity (Wildman–Crippen MR) is 110 cm³/mol. The van der Waals surface area contributed by atoms with E-state index in [4.69, 9.17) is 5.21 Å². The van der Waals surface area contributed by atoms with Crippen molar-refractivity contribution in [1.29, 1.82) is 0 Å². The van der Waals surface area contributed by atoms with Gasteiger partial charge >= 0.3 is 0 Å². The van der Waals surface area contributed by atoms with Gasteiger partial charge in [-0.2, -0.15) is 0 Å². The average molecular weight is 451 g/mol. The summed E-state index contributed by atoms with van der Waals surface area (Å²) in [6.07, 6.45) is -0.683. The maximum atomic E-state index is 12.7. The molecule has 164 valence electrons. The van der Waals surface area contributed by atoms with Crippen LogP contribution in [0.4, 0.5) is 8.78 Å². The Morgan fingerprint density at radius 3 is 2.39 bits per heavy atom. The summed E-state index contributed by atoms with van der Waals surface area (Å²) >= 11 is 0. The Bertz CT molecular complexity index is 1270. The Labute approximate surface area is 176 Å². The SMILES string of the molecule is CS(=O)(=O)[C@H](CCn1cnc2cc(-c3ccc(C(F)F)cc3)ccc2c1=O)C(=O)NO. The molecule has 0 aliphatic heterocycles. The molecule has 0 saturated heterocycles. The summed E-state index contributed by atoms with van der Waals surface area (Å²) in [4.78, 5) is 28.6. The third kappa shape index (κ3) is 4.94. The highest BCUT2D eigenvalue weighted by Gasteiger charge is 2.28. The molecule has 0 bridgehead atoms. The van der Waals surface area contributed by atoms with Crippen molar-refractivity contribution in [3.63, 3.8) is 0 Å². The molecule has 1 aromatic heterocycles. The zero-order chi connectivity index (χ0) is 22.8. The van der Waals surface area contributed by atoms with Gasteiger partial charge in [-0.3, -0.25) is 19.4 Å². The molecular weight excluding hydrogens is 432 g/mol. The van der Waals surface area contributed by atoms with E-state index in [0.717, 1.165) is 6.26 Å². The highest BCUT2D eigenvalue weighted by Crippen LogP contribution is 2.25. The molecule has 31 heavy (non-hydrogen) atoms. The Kier molecular flexibility index (Phi) is 6.46. The van der Waals surface area contributed by atoms with Crippen LogP contribution in [0.25, 0.3) is 22.0 Å². The van der Waals surface area contributed by atoms with E-state index in [1.807, 2.05) is 0 Å². The molecule has 2 aromatic carbocycles. The van der Waals surface area contributed by atoms with Crippen LogP contribution in [-0.4, -0.2) is 40.6 Å². The van der Waals surface area contributed by atoms with Gasteiger partial charge in [-0.05, 0) is 29.7 Å². The molecular formula is C20H19F2N3O5S. The lowest BCUT2D eigenvalue weighted by atomic mass is 10.0. The fourth-order valence-corrected chi connectivity index (χ4v) is 4.16. The predicted octanol–water partition coefficient (Wildman–Crippen LogP) is 2.31. The minimum atomic E-state index is -3.80. The average Bonchev–Trinajstić information content (AvgIpc) is 2.74. The van der Waals surface area contributed by atoms with Crippen LogP contribution in [0, 0.1) is 0 Å². The number of rotatable bonds is 7. The Morgan fingerprint density at radius 2 is 1.81 bits per heavy atom. The van der Waals surface area contributed by atoms with Crippen LogP contribution < -0.4 is 11.0 Å². The van der Waals surface area contributed by atoms with Crippen LogP contribution in [0.1, 0.15) is 18.4 Å². The number of benzene rings is 2. The van der Waals surface area contributed by atoms with Gasteiger partial charge in [0.1, 0.15) is 5.25 Å². The fourth-order valence-electron chi connectivity index (χ4n) is 3.19. The number of aromatic nitrogens is 2. The summed E-state index contributed by atoms with van der Waals surface area (Å²) in [5.41, 5.74) is 2.55. The zero-order valence-corrected chi connectivity index (χ0v) is 17.1. The number of fused-ring (bicyclic) bond motifs is 1. The number of hydroxylamine groups is 1. The van der Waals surface area contributed by atoms with E-state index in [1.54, 1.807) is 30.3 Å². The normalized spacial score (nSPS) is 12.8. The van der Waals surface area contributed by atoms with Crippen molar-refractivity contribution in [2.24, 2.45) is 0 Å². The molecule has 0 aliphatic carbocycles. The van der Waals surface area contributed by atoms with Crippen LogP contribution in [0.5, 0.6) is 0 Å². The number of carbonyl (C=O) groups is 1. The number of hydrogen-bond donors (Lipinski definition) is 2. The number of nitrogens with zero attached hydrogens (tertiary/aromatic N) is 2. The maximum Gasteiger partial charge on any atom is 0.263 e. The molecule has 0 aliphatic rings. The van der Waals surface area contributed by atoms with Crippen LogP contribution in [-0.2, 0) is 21.2 Å². The Morgan fingerprint density at radius 1 is 1.16 bits per heavy atom. The summed E-state index contributed by atoms with van der Waals surface area (Å²) in [7, 11) is -3.80. The van der Waals surface area contributed by atoms with Crippen molar-refractivity contribution in [3.05, 3.63) is 64.7 Å². The van der Waals surface area contributed by atoms with Crippen LogP contribution in [0.15, 0.2) is 53.6 Å². The summed E-state index contributed by atoms with van der Waals surface area (Å²) in [5, 5.41) is 7.50. The standard InChI is InChI=1S/C20H19F2N3O5S/c1-31(29,30)17(19(26)24-28)8-9-25-11-23-16-10-14(6-7-15(16)20(25)27)12-2-4-13(5-3-12)18(21)22/h2-7,10-11,17-18,28H,8-9H2,1H3,(H,24,26)/t17-/m1/s1. The second-order valence-electron chi connectivity index (χ2n) is 6.98. The topological polar surface area (TPSA) is 118 Å². The van der Waals surface area contributed by atoms with Gasteiger partial charge in [0.25, 0.3) is 17.9 Å². The number of hydrogen-bond acceptors (Lipinski definition) is 6. The number of amides is 1. The first-order chi connectivity index (χ1) is 14.6. The van der Waals surface area contributed by atoms with Gasteiger partial charge in [-0.1, -0.05) is 30.3 Å². The van der Waals surface area contributed by atoms with Crippen molar-refractivity contribution in [3.8, 4) is 11.1 Å². The smallest absolute Gasteiger partial charge is 0.263 e. The lowest BCUT2D eigenvalue weighted by Gasteiger charge is -2.14. The summed E-state index contributed by atoms with van der Waals surface area (Å²) < 4.78 is 50.1. The number of aryl methyl sites for hydroxylation is 1. The number of sulfone groups is 1. The van der Waals surface area contributed by atoms with Crippen molar-refractivity contribution < 1.29 is 27.2 Å². The number of alkyl halides is 2. The Balaban J connectivity index is 1.88. The maximum absolute atomic E-state index is 12.7. The quantitative estimate of drug-likeness (QED) is 0.420. The van der Waals surface area contributed by atoms with Gasteiger partial charge in [0, 0.05) is 18.4 Å². The van der Waals surface area contributed by atoms with Crippen LogP contribution >= 0.6 is 0 Å². The van der Waals surface area contributed by atoms with Gasteiger partial charge in [0.2, 0.25) is 0 Å². The van der Waals surface area contributed by atoms with Gasteiger partial charge in [0.05, 0.1) is 17.2 Å². The molecule has 0 fully saturated rings. The number of carbonyl (C=O) groups excluding carboxylic acids is 1. The van der Waals surface area contributed by atoms with E-state index < -0.39 is 33.0 Å². The highest BCUT2D eigenvalue weighted by molar-refractivity contribution is 7.92. The molecule has 2 N–H and O–H groups in total. The summed E-state index contributed by atoms with van der Waals surface area (Å²) in [5.74, 6) is -1.08. The molecule has 0 saturated carbocycles. The minimum Gasteiger partial charge on any atom is -0.299 e. The first kappa shape index (κ1) is 22.5. The van der Waals surface area contributed by atoms with Crippen LogP contribution in [0.2, 0.25) is 0 Å². The van der Waals surface area contributed by atoms with Gasteiger partial charge in [-0.15, -0.1) is 0 Å². The lowest BCUT2D eigenvalue weighted by molar-refractivity contribution is -0.128. The first-order valence-electron chi connectivity index (χ1n) is 9.12. The van der Waals surface area contributed by atoms with Crippen LogP contribution in [0.3, 0.4) is 0 Å². The Hall–Kier alpha value is -3.18. The molecule has 1 atom stereocenters. The van der Waals surface area contributed by atoms with E-state index in [9.17, 15) is 26.8 Å². The van der Waals surface area contributed by atoms with E-state index in [0.29, 0.717) is 16.6 Å². The molecule has 1 heterocycles. The van der Waals surface area contributed by atoms with E-state index in [1.165, 1.54) is 28.5 Å². The third-order valence-corrected chi connectivity index (χ3v) is 6.36. The monoisotopic (exact) mass is 451 g/mol. The summed E-state index contributed by atoms with van der Waals surface area (Å²) in [6, 6.07) is 10.6. The summed E-state index contributed by atoms with van der Waals surface area (Å²) in [6.45, 7) is -0.107. The fraction of sp³-hybridized carbons (Fsp3) is 0.250. The van der Waals surface area contributed by atoms with Crippen molar-refractivity contribution in [2.75, 3.05) is 6.26 Å². The molecule has 1 amide bonds. The van der Waals surface area contributed by atoms with Gasteiger partial charge < -0.3 is 0 Å². The molecule has 3 rings (SSSR count). The second-order valence-corrected chi connectivity index (χ2v) is 9.21. The van der Waals surface area contributed by atoms with Gasteiger partial charge in [0.15, 0.2) is 9.84 Å². The molecule has 0 spiro atoms. The first-order valence-corrected chi connectivity index (χ1v) is 11.1. The highest BCUT2D eigenvalue weighted by atomic mass is 32.2. The van der Waals surface area contributed by atoms with E-state index in [2.05, 4.69) is 4.98 Å². The zero-order valence-electron chi connectivity index (χ0n) is 16.3. The number of halogens is 2. The molecule has 8 nitrogen and oxygen atoms in total. The van der Waals surface area contributed by atoms with Crippen molar-refractivity contribution in [1.82, 2.24) is 15.0 Å². The molecule has 0 unspecified atom stereocenters.